The largest absolute Gasteiger partial charge is 0.396 e. The van der Waals surface area contributed by atoms with Gasteiger partial charge in [-0.2, -0.15) is 0 Å². The lowest BCUT2D eigenvalue weighted by Crippen LogP contribution is -2.17. The van der Waals surface area contributed by atoms with Crippen molar-refractivity contribution in [3.05, 3.63) is 52.2 Å². The van der Waals surface area contributed by atoms with Gasteiger partial charge in [0.2, 0.25) is 0 Å². The fourth-order valence-electron chi connectivity index (χ4n) is 1.96. The fraction of sp³-hybridized carbons (Fsp3) is 0.308. The van der Waals surface area contributed by atoms with Gasteiger partial charge in [-0.1, -0.05) is 18.2 Å². The van der Waals surface area contributed by atoms with Gasteiger partial charge in [0.25, 0.3) is 0 Å². The molecular formula is C13H16N2O2. The van der Waals surface area contributed by atoms with E-state index in [0.29, 0.717) is 6.42 Å². The van der Waals surface area contributed by atoms with Crippen LogP contribution in [0.2, 0.25) is 0 Å². The van der Waals surface area contributed by atoms with Gasteiger partial charge in [-0.25, -0.2) is 4.79 Å². The lowest BCUT2D eigenvalue weighted by atomic mass is 10.1. The minimum Gasteiger partial charge on any atom is -0.396 e. The summed E-state index contributed by atoms with van der Waals surface area (Å²) in [6.07, 6.45) is 3.17. The number of nitrogens with zero attached hydrogens (tertiary/aromatic N) is 1. The van der Waals surface area contributed by atoms with E-state index in [0.717, 1.165) is 23.4 Å². The minimum absolute atomic E-state index is 0.126. The fourth-order valence-corrected chi connectivity index (χ4v) is 1.96. The number of aliphatic hydroxyl groups is 1. The molecule has 0 spiro atoms. The molecule has 0 saturated heterocycles. The molecule has 90 valence electrons. The molecule has 0 atom stereocenters. The van der Waals surface area contributed by atoms with Crippen LogP contribution < -0.4 is 5.69 Å². The van der Waals surface area contributed by atoms with Gasteiger partial charge >= 0.3 is 5.69 Å². The maximum absolute atomic E-state index is 11.7. The zero-order chi connectivity index (χ0) is 12.3. The molecule has 0 saturated carbocycles. The zero-order valence-corrected chi connectivity index (χ0v) is 9.81. The predicted octanol–water partition coefficient (Wildman–Crippen LogP) is 1.40. The van der Waals surface area contributed by atoms with E-state index in [1.165, 1.54) is 0 Å². The Morgan fingerprint density at radius 2 is 2.12 bits per heavy atom. The first-order valence-corrected chi connectivity index (χ1v) is 5.70. The van der Waals surface area contributed by atoms with Crippen molar-refractivity contribution in [2.45, 2.75) is 19.8 Å². The van der Waals surface area contributed by atoms with E-state index in [9.17, 15) is 4.79 Å². The number of nitrogens with one attached hydrogen (secondary N) is 1. The first-order valence-electron chi connectivity index (χ1n) is 5.70. The summed E-state index contributed by atoms with van der Waals surface area (Å²) in [5, 5.41) is 8.88. The zero-order valence-electron chi connectivity index (χ0n) is 9.81. The molecule has 0 fully saturated rings. The summed E-state index contributed by atoms with van der Waals surface area (Å²) < 4.78 is 1.66. The first kappa shape index (κ1) is 11.7. The molecule has 17 heavy (non-hydrogen) atoms. The SMILES string of the molecule is Cc1c[nH]c(=O)n1-c1ccccc1CCCO. The predicted molar refractivity (Wildman–Crippen MR) is 66.5 cm³/mol. The van der Waals surface area contributed by atoms with Crippen LogP contribution in [0.25, 0.3) is 5.69 Å². The second-order valence-corrected chi connectivity index (χ2v) is 4.03. The van der Waals surface area contributed by atoms with Gasteiger partial charge in [0.1, 0.15) is 0 Å². The Morgan fingerprint density at radius 3 is 2.76 bits per heavy atom. The molecule has 0 amide bonds. The van der Waals surface area contributed by atoms with Gasteiger partial charge in [0.15, 0.2) is 0 Å². The summed E-state index contributed by atoms with van der Waals surface area (Å²) in [5.74, 6) is 0. The summed E-state index contributed by atoms with van der Waals surface area (Å²) in [6, 6.07) is 7.78. The summed E-state index contributed by atoms with van der Waals surface area (Å²) in [4.78, 5) is 14.4. The molecule has 0 radical (unpaired) electrons. The number of hydrogen-bond donors (Lipinski definition) is 2. The second-order valence-electron chi connectivity index (χ2n) is 4.03. The van der Waals surface area contributed by atoms with Gasteiger partial charge in [0.05, 0.1) is 5.69 Å². The lowest BCUT2D eigenvalue weighted by molar-refractivity contribution is 0.288. The van der Waals surface area contributed by atoms with Crippen molar-refractivity contribution in [1.29, 1.82) is 0 Å². The molecule has 2 aromatic rings. The summed E-state index contributed by atoms with van der Waals surface area (Å²) in [6.45, 7) is 2.05. The molecule has 4 nitrogen and oxygen atoms in total. The van der Waals surface area contributed by atoms with Crippen molar-refractivity contribution in [1.82, 2.24) is 9.55 Å². The number of aromatic amines is 1. The van der Waals surface area contributed by atoms with E-state index in [2.05, 4.69) is 4.98 Å². The Balaban J connectivity index is 2.48. The van der Waals surface area contributed by atoms with E-state index in [4.69, 9.17) is 5.11 Å². The summed E-state index contributed by atoms with van der Waals surface area (Å²) in [7, 11) is 0. The number of aliphatic hydroxyl groups excluding tert-OH is 1. The molecule has 0 aliphatic rings. The van der Waals surface area contributed by atoms with Crippen molar-refractivity contribution < 1.29 is 5.11 Å². The molecule has 1 aromatic heterocycles. The van der Waals surface area contributed by atoms with Crippen molar-refractivity contribution in [2.24, 2.45) is 0 Å². The molecule has 0 unspecified atom stereocenters. The number of hydrogen-bond acceptors (Lipinski definition) is 2. The highest BCUT2D eigenvalue weighted by molar-refractivity contribution is 5.42. The van der Waals surface area contributed by atoms with Crippen LogP contribution in [0.3, 0.4) is 0 Å². The van der Waals surface area contributed by atoms with E-state index >= 15 is 0 Å². The lowest BCUT2D eigenvalue weighted by Gasteiger charge is -2.10. The molecule has 2 N–H and O–H groups in total. The highest BCUT2D eigenvalue weighted by atomic mass is 16.2. The molecule has 1 heterocycles. The number of imidazole rings is 1. The molecule has 0 aliphatic carbocycles. The first-order chi connectivity index (χ1) is 8.24. The van der Waals surface area contributed by atoms with Crippen LogP contribution in [0.15, 0.2) is 35.3 Å². The van der Waals surface area contributed by atoms with Crippen molar-refractivity contribution in [3.63, 3.8) is 0 Å². The summed E-state index contributed by atoms with van der Waals surface area (Å²) >= 11 is 0. The Kier molecular flexibility index (Phi) is 3.44. The Hall–Kier alpha value is -1.81. The maximum atomic E-state index is 11.7. The maximum Gasteiger partial charge on any atom is 0.330 e. The van der Waals surface area contributed by atoms with Gasteiger partial charge in [0, 0.05) is 18.5 Å². The molecule has 0 aliphatic heterocycles. The van der Waals surface area contributed by atoms with Crippen molar-refractivity contribution >= 4 is 0 Å². The molecule has 2 rings (SSSR count). The van der Waals surface area contributed by atoms with E-state index in [-0.39, 0.29) is 12.3 Å². The average Bonchev–Trinajstić information content (AvgIpc) is 2.67. The quantitative estimate of drug-likeness (QED) is 0.837. The van der Waals surface area contributed by atoms with Gasteiger partial charge in [-0.3, -0.25) is 4.57 Å². The smallest absolute Gasteiger partial charge is 0.330 e. The molecule has 1 aromatic carbocycles. The Morgan fingerprint density at radius 1 is 1.35 bits per heavy atom. The second kappa shape index (κ2) is 5.01. The molecule has 4 heteroatoms. The van der Waals surface area contributed by atoms with Crippen LogP contribution in [-0.4, -0.2) is 21.3 Å². The number of aryl methyl sites for hydroxylation is 2. The number of rotatable bonds is 4. The third-order valence-corrected chi connectivity index (χ3v) is 2.80. The summed E-state index contributed by atoms with van der Waals surface area (Å²) in [5.41, 5.74) is 2.72. The van der Waals surface area contributed by atoms with Crippen LogP contribution in [0.1, 0.15) is 17.7 Å². The van der Waals surface area contributed by atoms with Gasteiger partial charge < -0.3 is 10.1 Å². The third-order valence-electron chi connectivity index (χ3n) is 2.80. The number of aromatic nitrogens is 2. The van der Waals surface area contributed by atoms with Crippen molar-refractivity contribution in [3.8, 4) is 5.69 Å². The number of para-hydroxylation sites is 1. The van der Waals surface area contributed by atoms with Crippen LogP contribution >= 0.6 is 0 Å². The number of H-pyrrole nitrogens is 1. The molecule has 0 bridgehead atoms. The standard InChI is InChI=1S/C13H16N2O2/c1-10-9-14-13(17)15(10)12-7-3-2-5-11(12)6-4-8-16/h2-3,5,7,9,16H,4,6,8H2,1H3,(H,14,17). The van der Waals surface area contributed by atoms with E-state index in [1.807, 2.05) is 31.2 Å². The average molecular weight is 232 g/mol. The Bertz CT molecular complexity index is 555. The highest BCUT2D eigenvalue weighted by Crippen LogP contribution is 2.16. The van der Waals surface area contributed by atoms with E-state index < -0.39 is 0 Å². The Labute approximate surface area is 99.5 Å². The van der Waals surface area contributed by atoms with Crippen LogP contribution in [-0.2, 0) is 6.42 Å². The van der Waals surface area contributed by atoms with Crippen molar-refractivity contribution in [2.75, 3.05) is 6.61 Å². The van der Waals surface area contributed by atoms with Crippen LogP contribution in [0.4, 0.5) is 0 Å². The van der Waals surface area contributed by atoms with E-state index in [1.54, 1.807) is 10.8 Å². The van der Waals surface area contributed by atoms with Gasteiger partial charge in [-0.05, 0) is 31.4 Å². The van der Waals surface area contributed by atoms with Crippen LogP contribution in [0, 0.1) is 6.92 Å². The minimum atomic E-state index is -0.126. The molecular weight excluding hydrogens is 216 g/mol. The monoisotopic (exact) mass is 232 g/mol. The van der Waals surface area contributed by atoms with Crippen LogP contribution in [0.5, 0.6) is 0 Å². The number of benzene rings is 1. The topological polar surface area (TPSA) is 58.0 Å². The highest BCUT2D eigenvalue weighted by Gasteiger charge is 2.08. The van der Waals surface area contributed by atoms with Gasteiger partial charge in [-0.15, -0.1) is 0 Å². The third kappa shape index (κ3) is 2.31. The normalized spacial score (nSPS) is 10.7.